The standard InChI is InChI=1S/C15H32/c1-5-7-12-15(10-6-2)13-9-8-11-14(3)4/h14-15H,5-13H2,1-4H3. The van der Waals surface area contributed by atoms with Gasteiger partial charge in [0.15, 0.2) is 0 Å². The second-order valence-corrected chi connectivity index (χ2v) is 5.48. The first-order valence-corrected chi connectivity index (χ1v) is 7.20. The summed E-state index contributed by atoms with van der Waals surface area (Å²) in [7, 11) is 0. The molecule has 0 saturated heterocycles. The minimum Gasteiger partial charge on any atom is -0.0654 e. The lowest BCUT2D eigenvalue weighted by molar-refractivity contribution is 0.378. The summed E-state index contributed by atoms with van der Waals surface area (Å²) in [6.07, 6.45) is 12.9. The maximum atomic E-state index is 2.33. The molecular formula is C15H32. The zero-order valence-corrected chi connectivity index (χ0v) is 11.5. The van der Waals surface area contributed by atoms with Gasteiger partial charge in [0.1, 0.15) is 0 Å². The number of rotatable bonds is 10. The van der Waals surface area contributed by atoms with E-state index < -0.39 is 0 Å². The summed E-state index contributed by atoms with van der Waals surface area (Å²) < 4.78 is 0. The van der Waals surface area contributed by atoms with Gasteiger partial charge in [0.05, 0.1) is 0 Å². The molecule has 0 aromatic rings. The Labute approximate surface area is 97.8 Å². The van der Waals surface area contributed by atoms with Crippen LogP contribution < -0.4 is 0 Å². The lowest BCUT2D eigenvalue weighted by atomic mass is 9.91. The Morgan fingerprint density at radius 1 is 0.667 bits per heavy atom. The highest BCUT2D eigenvalue weighted by Crippen LogP contribution is 2.22. The molecule has 0 amide bonds. The third-order valence-corrected chi connectivity index (χ3v) is 3.31. The molecule has 0 aliphatic heterocycles. The average Bonchev–Trinajstić information content (AvgIpc) is 2.20. The average molecular weight is 212 g/mol. The molecule has 0 rings (SSSR count). The molecule has 15 heavy (non-hydrogen) atoms. The Morgan fingerprint density at radius 2 is 1.27 bits per heavy atom. The molecule has 1 atom stereocenters. The fraction of sp³-hybridized carbons (Fsp3) is 1.00. The second kappa shape index (κ2) is 10.5. The fourth-order valence-electron chi connectivity index (χ4n) is 2.32. The van der Waals surface area contributed by atoms with Crippen molar-refractivity contribution in [2.24, 2.45) is 11.8 Å². The second-order valence-electron chi connectivity index (χ2n) is 5.48. The normalized spacial score (nSPS) is 13.4. The molecule has 0 bridgehead atoms. The highest BCUT2D eigenvalue weighted by molar-refractivity contribution is 4.60. The van der Waals surface area contributed by atoms with E-state index in [1.807, 2.05) is 0 Å². The van der Waals surface area contributed by atoms with E-state index in [0.29, 0.717) is 0 Å². The van der Waals surface area contributed by atoms with Crippen LogP contribution in [0.3, 0.4) is 0 Å². The first kappa shape index (κ1) is 15.0. The van der Waals surface area contributed by atoms with Crippen LogP contribution in [-0.4, -0.2) is 0 Å². The van der Waals surface area contributed by atoms with Crippen molar-refractivity contribution in [3.63, 3.8) is 0 Å². The molecule has 0 aliphatic rings. The van der Waals surface area contributed by atoms with Crippen LogP contribution in [0.4, 0.5) is 0 Å². The van der Waals surface area contributed by atoms with E-state index in [1.54, 1.807) is 0 Å². The quantitative estimate of drug-likeness (QED) is 0.401. The van der Waals surface area contributed by atoms with Gasteiger partial charge in [0, 0.05) is 0 Å². The van der Waals surface area contributed by atoms with Crippen molar-refractivity contribution in [1.29, 1.82) is 0 Å². The van der Waals surface area contributed by atoms with Crippen LogP contribution in [0.25, 0.3) is 0 Å². The van der Waals surface area contributed by atoms with Crippen LogP contribution in [0.1, 0.15) is 85.5 Å². The number of unbranched alkanes of at least 4 members (excludes halogenated alkanes) is 2. The van der Waals surface area contributed by atoms with Crippen molar-refractivity contribution < 1.29 is 0 Å². The number of hydrogen-bond acceptors (Lipinski definition) is 0. The van der Waals surface area contributed by atoms with E-state index in [4.69, 9.17) is 0 Å². The minimum absolute atomic E-state index is 0.894. The van der Waals surface area contributed by atoms with Gasteiger partial charge in [-0.3, -0.25) is 0 Å². The van der Waals surface area contributed by atoms with E-state index in [9.17, 15) is 0 Å². The first-order chi connectivity index (χ1) is 7.20. The van der Waals surface area contributed by atoms with Gasteiger partial charge in [-0.15, -0.1) is 0 Å². The molecule has 0 spiro atoms. The molecule has 0 nitrogen and oxygen atoms in total. The summed E-state index contributed by atoms with van der Waals surface area (Å²) >= 11 is 0. The third-order valence-electron chi connectivity index (χ3n) is 3.31. The molecule has 0 heterocycles. The van der Waals surface area contributed by atoms with Gasteiger partial charge in [-0.1, -0.05) is 85.5 Å². The zero-order chi connectivity index (χ0) is 11.5. The maximum Gasteiger partial charge on any atom is -0.0414 e. The first-order valence-electron chi connectivity index (χ1n) is 7.20. The third kappa shape index (κ3) is 10.3. The monoisotopic (exact) mass is 212 g/mol. The fourth-order valence-corrected chi connectivity index (χ4v) is 2.32. The Morgan fingerprint density at radius 3 is 1.80 bits per heavy atom. The minimum atomic E-state index is 0.894. The SMILES string of the molecule is CCCCC(CCC)CCCCC(C)C. The molecule has 0 radical (unpaired) electrons. The van der Waals surface area contributed by atoms with Crippen molar-refractivity contribution in [3.8, 4) is 0 Å². The van der Waals surface area contributed by atoms with Gasteiger partial charge in [0.25, 0.3) is 0 Å². The van der Waals surface area contributed by atoms with Gasteiger partial charge < -0.3 is 0 Å². The summed E-state index contributed by atoms with van der Waals surface area (Å²) in [6.45, 7) is 9.30. The topological polar surface area (TPSA) is 0 Å². The highest BCUT2D eigenvalue weighted by Gasteiger charge is 2.06. The van der Waals surface area contributed by atoms with Crippen LogP contribution in [0.2, 0.25) is 0 Å². The van der Waals surface area contributed by atoms with Crippen LogP contribution in [0.5, 0.6) is 0 Å². The molecule has 0 fully saturated rings. The highest BCUT2D eigenvalue weighted by atomic mass is 14.1. The molecule has 1 unspecified atom stereocenters. The molecule has 0 N–H and O–H groups in total. The predicted molar refractivity (Wildman–Crippen MR) is 71.2 cm³/mol. The molecule has 0 saturated carbocycles. The zero-order valence-electron chi connectivity index (χ0n) is 11.5. The summed E-state index contributed by atoms with van der Waals surface area (Å²) in [6, 6.07) is 0. The predicted octanol–water partition coefficient (Wildman–Crippen LogP) is 5.81. The maximum absolute atomic E-state index is 2.33. The van der Waals surface area contributed by atoms with Crippen molar-refractivity contribution in [3.05, 3.63) is 0 Å². The summed E-state index contributed by atoms with van der Waals surface area (Å²) in [5.74, 6) is 1.92. The molecule has 0 aromatic heterocycles. The Kier molecular flexibility index (Phi) is 10.5. The summed E-state index contributed by atoms with van der Waals surface area (Å²) in [5, 5.41) is 0. The van der Waals surface area contributed by atoms with Crippen molar-refractivity contribution in [2.45, 2.75) is 85.5 Å². The van der Waals surface area contributed by atoms with Crippen LogP contribution >= 0.6 is 0 Å². The Bertz CT molecular complexity index is 115. The van der Waals surface area contributed by atoms with Gasteiger partial charge in [0.2, 0.25) is 0 Å². The summed E-state index contributed by atoms with van der Waals surface area (Å²) in [4.78, 5) is 0. The molecule has 0 heteroatoms. The van der Waals surface area contributed by atoms with Crippen LogP contribution in [0.15, 0.2) is 0 Å². The van der Waals surface area contributed by atoms with Gasteiger partial charge in [-0.2, -0.15) is 0 Å². The molecule has 0 aliphatic carbocycles. The Hall–Kier alpha value is 0. The van der Waals surface area contributed by atoms with Gasteiger partial charge in [-0.05, 0) is 11.8 Å². The van der Waals surface area contributed by atoms with E-state index >= 15 is 0 Å². The largest absolute Gasteiger partial charge is 0.0654 e. The van der Waals surface area contributed by atoms with Crippen LogP contribution in [-0.2, 0) is 0 Å². The van der Waals surface area contributed by atoms with Gasteiger partial charge >= 0.3 is 0 Å². The van der Waals surface area contributed by atoms with Crippen molar-refractivity contribution in [1.82, 2.24) is 0 Å². The lowest BCUT2D eigenvalue weighted by Gasteiger charge is -2.15. The van der Waals surface area contributed by atoms with Crippen molar-refractivity contribution in [2.75, 3.05) is 0 Å². The lowest BCUT2D eigenvalue weighted by Crippen LogP contribution is -2.00. The van der Waals surface area contributed by atoms with E-state index in [2.05, 4.69) is 27.7 Å². The van der Waals surface area contributed by atoms with E-state index in [1.165, 1.54) is 57.8 Å². The van der Waals surface area contributed by atoms with E-state index in [-0.39, 0.29) is 0 Å². The summed E-state index contributed by atoms with van der Waals surface area (Å²) in [5.41, 5.74) is 0. The van der Waals surface area contributed by atoms with Gasteiger partial charge in [-0.25, -0.2) is 0 Å². The number of hydrogen-bond donors (Lipinski definition) is 0. The van der Waals surface area contributed by atoms with Crippen molar-refractivity contribution >= 4 is 0 Å². The van der Waals surface area contributed by atoms with Crippen LogP contribution in [0, 0.1) is 11.8 Å². The molecule has 0 aromatic carbocycles. The molecule has 92 valence electrons. The van der Waals surface area contributed by atoms with E-state index in [0.717, 1.165) is 11.8 Å². The molecular weight excluding hydrogens is 180 g/mol. The smallest absolute Gasteiger partial charge is 0.0414 e. The Balaban J connectivity index is 3.47.